The minimum Gasteiger partial charge on any atom is -0.390 e. The summed E-state index contributed by atoms with van der Waals surface area (Å²) in [5.74, 6) is 1.20. The highest BCUT2D eigenvalue weighted by molar-refractivity contribution is 5.90. The number of nitrogens with zero attached hydrogens (tertiary/aromatic N) is 5. The highest BCUT2D eigenvalue weighted by Crippen LogP contribution is 2.17. The van der Waals surface area contributed by atoms with Crippen LogP contribution in [0.4, 0.5) is 0 Å². The molecule has 2 aliphatic heterocycles. The molecule has 0 bridgehead atoms. The topological polar surface area (TPSA) is 74.5 Å². The van der Waals surface area contributed by atoms with E-state index >= 15 is 0 Å². The SMILES string of the molecule is O=C(c1nnc2n1CCCC2)N1CCN(Cc2ccccc2)CC(O)C1. The molecule has 7 heteroatoms. The fourth-order valence-corrected chi connectivity index (χ4v) is 3.83. The predicted octanol–water partition coefficient (Wildman–Crippen LogP) is 0.933. The maximum absolute atomic E-state index is 13.0. The third-order valence-electron chi connectivity index (χ3n) is 5.17. The van der Waals surface area contributed by atoms with Gasteiger partial charge in [0.1, 0.15) is 5.82 Å². The van der Waals surface area contributed by atoms with E-state index in [4.69, 9.17) is 0 Å². The first kappa shape index (κ1) is 17.2. The Morgan fingerprint density at radius 2 is 1.92 bits per heavy atom. The molecular weight excluding hydrogens is 330 g/mol. The van der Waals surface area contributed by atoms with Crippen molar-refractivity contribution in [3.8, 4) is 0 Å². The Labute approximate surface area is 153 Å². The number of aryl methyl sites for hydroxylation is 1. The minimum absolute atomic E-state index is 0.119. The molecule has 0 radical (unpaired) electrons. The van der Waals surface area contributed by atoms with Gasteiger partial charge < -0.3 is 14.6 Å². The van der Waals surface area contributed by atoms with Crippen LogP contribution < -0.4 is 0 Å². The van der Waals surface area contributed by atoms with Gasteiger partial charge in [-0.05, 0) is 18.4 Å². The molecule has 1 amide bonds. The number of aliphatic hydroxyl groups is 1. The van der Waals surface area contributed by atoms with Crippen molar-refractivity contribution in [2.45, 2.75) is 38.5 Å². The normalized spacial score (nSPS) is 21.3. The van der Waals surface area contributed by atoms with E-state index in [0.717, 1.165) is 44.7 Å². The quantitative estimate of drug-likeness (QED) is 0.887. The van der Waals surface area contributed by atoms with Gasteiger partial charge in [-0.2, -0.15) is 0 Å². The third-order valence-corrected chi connectivity index (χ3v) is 5.17. The van der Waals surface area contributed by atoms with Crippen LogP contribution in [-0.2, 0) is 19.5 Å². The molecule has 26 heavy (non-hydrogen) atoms. The van der Waals surface area contributed by atoms with Crippen LogP contribution in [0, 0.1) is 0 Å². The standard InChI is InChI=1S/C19H25N5O2/c25-16-13-22(12-15-6-2-1-3-7-15)10-11-23(14-16)19(26)18-21-20-17-8-4-5-9-24(17)18/h1-3,6-7,16,25H,4-5,8-14H2. The Kier molecular flexibility index (Phi) is 4.99. The number of carbonyl (C=O) groups is 1. The lowest BCUT2D eigenvalue weighted by molar-refractivity contribution is 0.0646. The number of fused-ring (bicyclic) bond motifs is 1. The fraction of sp³-hybridized carbons (Fsp3) is 0.526. The van der Waals surface area contributed by atoms with Gasteiger partial charge in [-0.25, -0.2) is 0 Å². The van der Waals surface area contributed by atoms with Crippen molar-refractivity contribution < 1.29 is 9.90 Å². The summed E-state index contributed by atoms with van der Waals surface area (Å²) in [5, 5.41) is 18.7. The molecule has 0 spiro atoms. The molecule has 4 rings (SSSR count). The van der Waals surface area contributed by atoms with Crippen LogP contribution in [0.15, 0.2) is 30.3 Å². The highest BCUT2D eigenvalue weighted by atomic mass is 16.3. The monoisotopic (exact) mass is 355 g/mol. The zero-order chi connectivity index (χ0) is 17.9. The second-order valence-electron chi connectivity index (χ2n) is 7.17. The number of aromatic nitrogens is 3. The van der Waals surface area contributed by atoms with Crippen LogP contribution in [-0.4, -0.2) is 67.9 Å². The molecule has 1 N–H and O–H groups in total. The summed E-state index contributed by atoms with van der Waals surface area (Å²) in [4.78, 5) is 16.9. The Morgan fingerprint density at radius 1 is 1.08 bits per heavy atom. The average Bonchev–Trinajstić information content (AvgIpc) is 3.00. The second-order valence-corrected chi connectivity index (χ2v) is 7.17. The predicted molar refractivity (Wildman–Crippen MR) is 96.6 cm³/mol. The Balaban J connectivity index is 1.45. The molecule has 0 saturated carbocycles. The fourth-order valence-electron chi connectivity index (χ4n) is 3.83. The van der Waals surface area contributed by atoms with Gasteiger partial charge in [0.25, 0.3) is 5.91 Å². The van der Waals surface area contributed by atoms with Crippen molar-refractivity contribution in [3.63, 3.8) is 0 Å². The number of hydrogen-bond donors (Lipinski definition) is 1. The molecule has 138 valence electrons. The van der Waals surface area contributed by atoms with Gasteiger partial charge in [-0.3, -0.25) is 9.69 Å². The number of amides is 1. The lowest BCUT2D eigenvalue weighted by Gasteiger charge is -2.22. The van der Waals surface area contributed by atoms with E-state index in [1.54, 1.807) is 4.90 Å². The van der Waals surface area contributed by atoms with Gasteiger partial charge in [-0.1, -0.05) is 30.3 Å². The smallest absolute Gasteiger partial charge is 0.291 e. The maximum atomic E-state index is 13.0. The maximum Gasteiger partial charge on any atom is 0.291 e. The molecular formula is C19H25N5O2. The number of rotatable bonds is 3. The van der Waals surface area contributed by atoms with E-state index < -0.39 is 6.10 Å². The van der Waals surface area contributed by atoms with E-state index in [2.05, 4.69) is 27.2 Å². The van der Waals surface area contributed by atoms with Crippen LogP contribution in [0.1, 0.15) is 34.8 Å². The lowest BCUT2D eigenvalue weighted by Crippen LogP contribution is -2.39. The van der Waals surface area contributed by atoms with Gasteiger partial charge in [0.15, 0.2) is 0 Å². The summed E-state index contributed by atoms with van der Waals surface area (Å²) in [6, 6.07) is 10.2. The van der Waals surface area contributed by atoms with Gasteiger partial charge in [0.2, 0.25) is 5.82 Å². The molecule has 0 aliphatic carbocycles. The largest absolute Gasteiger partial charge is 0.390 e. The molecule has 2 aliphatic rings. The molecule has 1 aromatic carbocycles. The van der Waals surface area contributed by atoms with Gasteiger partial charge in [0.05, 0.1) is 6.10 Å². The molecule has 1 fully saturated rings. The summed E-state index contributed by atoms with van der Waals surface area (Å²) < 4.78 is 1.95. The number of benzene rings is 1. The number of carbonyl (C=O) groups excluding carboxylic acids is 1. The summed E-state index contributed by atoms with van der Waals surface area (Å²) in [6.45, 7) is 3.81. The number of aliphatic hydroxyl groups excluding tert-OH is 1. The molecule has 1 unspecified atom stereocenters. The zero-order valence-corrected chi connectivity index (χ0v) is 14.9. The van der Waals surface area contributed by atoms with E-state index in [0.29, 0.717) is 25.5 Å². The molecule has 3 heterocycles. The Hall–Kier alpha value is -2.25. The molecule has 1 saturated heterocycles. The Morgan fingerprint density at radius 3 is 2.77 bits per heavy atom. The lowest BCUT2D eigenvalue weighted by atomic mass is 10.1. The van der Waals surface area contributed by atoms with Gasteiger partial charge in [-0.15, -0.1) is 10.2 Å². The van der Waals surface area contributed by atoms with Crippen molar-refractivity contribution in [3.05, 3.63) is 47.5 Å². The first-order chi connectivity index (χ1) is 12.7. The summed E-state index contributed by atoms with van der Waals surface area (Å²) in [6.07, 6.45) is 2.48. The summed E-state index contributed by atoms with van der Waals surface area (Å²) >= 11 is 0. The molecule has 2 aromatic rings. The van der Waals surface area contributed by atoms with Crippen molar-refractivity contribution in [1.82, 2.24) is 24.6 Å². The molecule has 1 atom stereocenters. The highest BCUT2D eigenvalue weighted by Gasteiger charge is 2.29. The van der Waals surface area contributed by atoms with Gasteiger partial charge >= 0.3 is 0 Å². The van der Waals surface area contributed by atoms with Crippen LogP contribution in [0.2, 0.25) is 0 Å². The second kappa shape index (κ2) is 7.55. The summed E-state index contributed by atoms with van der Waals surface area (Å²) in [7, 11) is 0. The van der Waals surface area contributed by atoms with E-state index in [-0.39, 0.29) is 5.91 Å². The Bertz CT molecular complexity index is 761. The van der Waals surface area contributed by atoms with Crippen molar-refractivity contribution >= 4 is 5.91 Å². The number of hydrogen-bond acceptors (Lipinski definition) is 5. The van der Waals surface area contributed by atoms with E-state index in [9.17, 15) is 9.90 Å². The average molecular weight is 355 g/mol. The first-order valence-electron chi connectivity index (χ1n) is 9.36. The first-order valence-corrected chi connectivity index (χ1v) is 9.36. The molecule has 1 aromatic heterocycles. The third kappa shape index (κ3) is 3.64. The van der Waals surface area contributed by atoms with Gasteiger partial charge in [0, 0.05) is 45.7 Å². The van der Waals surface area contributed by atoms with Crippen LogP contribution in [0.3, 0.4) is 0 Å². The molecule has 7 nitrogen and oxygen atoms in total. The van der Waals surface area contributed by atoms with Crippen LogP contribution in [0.25, 0.3) is 0 Å². The number of β-amino-alcohol motifs (C(OH)–C–C–N with tert-alkyl or cyclic N) is 1. The van der Waals surface area contributed by atoms with Crippen molar-refractivity contribution in [2.24, 2.45) is 0 Å². The van der Waals surface area contributed by atoms with Crippen LogP contribution >= 0.6 is 0 Å². The van der Waals surface area contributed by atoms with Crippen molar-refractivity contribution in [2.75, 3.05) is 26.2 Å². The van der Waals surface area contributed by atoms with E-state index in [1.165, 1.54) is 5.56 Å². The zero-order valence-electron chi connectivity index (χ0n) is 14.9. The minimum atomic E-state index is -0.561. The van der Waals surface area contributed by atoms with Crippen LogP contribution in [0.5, 0.6) is 0 Å². The van der Waals surface area contributed by atoms with Crippen molar-refractivity contribution in [1.29, 1.82) is 0 Å². The van der Waals surface area contributed by atoms with E-state index in [1.807, 2.05) is 22.8 Å². The summed E-state index contributed by atoms with van der Waals surface area (Å²) in [5.41, 5.74) is 1.21.